The molecular weight excluding hydrogens is 322 g/mol. The van der Waals surface area contributed by atoms with Crippen LogP contribution < -0.4 is 9.47 Å². The van der Waals surface area contributed by atoms with E-state index in [9.17, 15) is 5.11 Å². The standard InChI is InChI=1S/C19H33NO5/c1-19(2,3)25-14-16(21)13-20(7-8-22-4)12-15-9-17(23-5)11-18(10-15)24-6/h9-11,16,21H,7-8,12-14H2,1-6H3/t16-/m0/s1. The fraction of sp³-hybridized carbons (Fsp3) is 0.684. The Bertz CT molecular complexity index is 479. The van der Waals surface area contributed by atoms with E-state index >= 15 is 0 Å². The molecule has 0 aromatic heterocycles. The summed E-state index contributed by atoms with van der Waals surface area (Å²) >= 11 is 0. The summed E-state index contributed by atoms with van der Waals surface area (Å²) in [5, 5.41) is 10.3. The number of aliphatic hydroxyl groups excluding tert-OH is 1. The van der Waals surface area contributed by atoms with Gasteiger partial charge >= 0.3 is 0 Å². The SMILES string of the molecule is COCCN(Cc1cc(OC)cc(OC)c1)C[C@H](O)COC(C)(C)C. The molecule has 0 bridgehead atoms. The molecule has 0 aliphatic carbocycles. The molecule has 0 aliphatic heterocycles. The first-order valence-corrected chi connectivity index (χ1v) is 8.52. The van der Waals surface area contributed by atoms with Gasteiger partial charge in [0.25, 0.3) is 0 Å². The summed E-state index contributed by atoms with van der Waals surface area (Å²) in [7, 11) is 4.94. The molecule has 1 N–H and O–H groups in total. The second-order valence-corrected chi connectivity index (χ2v) is 7.03. The second-order valence-electron chi connectivity index (χ2n) is 7.03. The number of hydrogen-bond acceptors (Lipinski definition) is 6. The van der Waals surface area contributed by atoms with Gasteiger partial charge in [0.1, 0.15) is 11.5 Å². The molecular formula is C19H33NO5. The Balaban J connectivity index is 2.75. The van der Waals surface area contributed by atoms with E-state index in [2.05, 4.69) is 4.90 Å². The van der Waals surface area contributed by atoms with E-state index in [0.29, 0.717) is 32.8 Å². The number of aliphatic hydroxyl groups is 1. The third kappa shape index (κ3) is 9.07. The average Bonchev–Trinajstić information content (AvgIpc) is 2.56. The highest BCUT2D eigenvalue weighted by Gasteiger charge is 2.17. The Morgan fingerprint density at radius 3 is 2.12 bits per heavy atom. The highest BCUT2D eigenvalue weighted by Crippen LogP contribution is 2.23. The minimum absolute atomic E-state index is 0.265. The largest absolute Gasteiger partial charge is 0.497 e. The summed E-state index contributed by atoms with van der Waals surface area (Å²) in [6.07, 6.45) is -0.566. The van der Waals surface area contributed by atoms with Crippen LogP contribution in [0.15, 0.2) is 18.2 Å². The smallest absolute Gasteiger partial charge is 0.122 e. The molecule has 0 fully saturated rings. The van der Waals surface area contributed by atoms with Gasteiger partial charge in [-0.25, -0.2) is 0 Å². The molecule has 6 nitrogen and oxygen atoms in total. The van der Waals surface area contributed by atoms with Gasteiger partial charge in [0.15, 0.2) is 0 Å². The average molecular weight is 355 g/mol. The van der Waals surface area contributed by atoms with Gasteiger partial charge in [0.2, 0.25) is 0 Å². The van der Waals surface area contributed by atoms with Crippen LogP contribution in [0.25, 0.3) is 0 Å². The monoisotopic (exact) mass is 355 g/mol. The van der Waals surface area contributed by atoms with Crippen LogP contribution in [-0.4, -0.2) is 69.3 Å². The molecule has 0 spiro atoms. The quantitative estimate of drug-likeness (QED) is 0.657. The zero-order valence-corrected chi connectivity index (χ0v) is 16.4. The molecule has 0 aliphatic rings. The number of benzene rings is 1. The predicted octanol–water partition coefficient (Wildman–Crippen LogP) is 2.33. The van der Waals surface area contributed by atoms with Crippen molar-refractivity contribution in [2.24, 2.45) is 0 Å². The number of methoxy groups -OCH3 is 3. The molecule has 0 heterocycles. The van der Waals surface area contributed by atoms with Crippen LogP contribution in [0, 0.1) is 0 Å². The lowest BCUT2D eigenvalue weighted by Gasteiger charge is -2.27. The lowest BCUT2D eigenvalue weighted by molar-refractivity contribution is -0.0576. The summed E-state index contributed by atoms with van der Waals surface area (Å²) in [6.45, 7) is 8.69. The normalized spacial score (nSPS) is 13.1. The van der Waals surface area contributed by atoms with E-state index in [-0.39, 0.29) is 5.60 Å². The third-order valence-electron chi connectivity index (χ3n) is 3.61. The maximum Gasteiger partial charge on any atom is 0.122 e. The lowest BCUT2D eigenvalue weighted by atomic mass is 10.1. The lowest BCUT2D eigenvalue weighted by Crippen LogP contribution is -2.38. The summed E-state index contributed by atoms with van der Waals surface area (Å²) in [4.78, 5) is 2.13. The minimum atomic E-state index is -0.566. The summed E-state index contributed by atoms with van der Waals surface area (Å²) in [5.74, 6) is 1.50. The number of nitrogens with zero attached hydrogens (tertiary/aromatic N) is 1. The van der Waals surface area contributed by atoms with Gasteiger partial charge in [-0.3, -0.25) is 4.90 Å². The molecule has 6 heteroatoms. The van der Waals surface area contributed by atoms with Crippen LogP contribution in [0.2, 0.25) is 0 Å². The van der Waals surface area contributed by atoms with Crippen molar-refractivity contribution in [3.05, 3.63) is 23.8 Å². The van der Waals surface area contributed by atoms with Gasteiger partial charge in [0, 0.05) is 32.8 Å². The fourth-order valence-corrected chi connectivity index (χ4v) is 2.37. The number of rotatable bonds is 11. The van der Waals surface area contributed by atoms with Crippen molar-refractivity contribution in [1.82, 2.24) is 4.90 Å². The van der Waals surface area contributed by atoms with Crippen molar-refractivity contribution in [3.63, 3.8) is 0 Å². The Hall–Kier alpha value is -1.34. The van der Waals surface area contributed by atoms with E-state index in [0.717, 1.165) is 17.1 Å². The van der Waals surface area contributed by atoms with E-state index < -0.39 is 6.10 Å². The van der Waals surface area contributed by atoms with Gasteiger partial charge in [-0.2, -0.15) is 0 Å². The molecule has 0 saturated heterocycles. The molecule has 1 atom stereocenters. The first-order valence-electron chi connectivity index (χ1n) is 8.52. The Morgan fingerprint density at radius 1 is 1.04 bits per heavy atom. The van der Waals surface area contributed by atoms with Crippen molar-refractivity contribution < 1.29 is 24.1 Å². The zero-order chi connectivity index (χ0) is 18.9. The zero-order valence-electron chi connectivity index (χ0n) is 16.4. The molecule has 1 aromatic rings. The van der Waals surface area contributed by atoms with Crippen molar-refractivity contribution in [1.29, 1.82) is 0 Å². The van der Waals surface area contributed by atoms with Crippen LogP contribution >= 0.6 is 0 Å². The molecule has 1 aromatic carbocycles. The van der Waals surface area contributed by atoms with E-state index in [1.54, 1.807) is 21.3 Å². The molecule has 144 valence electrons. The van der Waals surface area contributed by atoms with E-state index in [4.69, 9.17) is 18.9 Å². The first kappa shape index (κ1) is 21.7. The van der Waals surface area contributed by atoms with Gasteiger partial charge < -0.3 is 24.1 Å². The third-order valence-corrected chi connectivity index (χ3v) is 3.61. The maximum atomic E-state index is 10.3. The number of ether oxygens (including phenoxy) is 4. The van der Waals surface area contributed by atoms with Crippen LogP contribution in [0.4, 0.5) is 0 Å². The van der Waals surface area contributed by atoms with Crippen LogP contribution in [0.3, 0.4) is 0 Å². The van der Waals surface area contributed by atoms with Crippen LogP contribution in [0.5, 0.6) is 11.5 Å². The highest BCUT2D eigenvalue weighted by molar-refractivity contribution is 5.38. The van der Waals surface area contributed by atoms with Crippen LogP contribution in [0.1, 0.15) is 26.3 Å². The Labute approximate surface area is 151 Å². The van der Waals surface area contributed by atoms with Crippen molar-refractivity contribution in [3.8, 4) is 11.5 Å². The van der Waals surface area contributed by atoms with E-state index in [1.165, 1.54) is 0 Å². The highest BCUT2D eigenvalue weighted by atomic mass is 16.5. The summed E-state index contributed by atoms with van der Waals surface area (Å²) in [6, 6.07) is 5.79. The molecule has 1 rings (SSSR count). The van der Waals surface area contributed by atoms with Gasteiger partial charge in [-0.05, 0) is 38.5 Å². The Morgan fingerprint density at radius 2 is 1.64 bits per heavy atom. The second kappa shape index (κ2) is 10.6. The van der Waals surface area contributed by atoms with Crippen LogP contribution in [-0.2, 0) is 16.0 Å². The number of hydrogen-bond donors (Lipinski definition) is 1. The van der Waals surface area contributed by atoms with Crippen molar-refractivity contribution >= 4 is 0 Å². The Kier molecular flexibility index (Phi) is 9.21. The summed E-state index contributed by atoms with van der Waals surface area (Å²) < 4.78 is 21.5. The molecule has 0 radical (unpaired) electrons. The molecule has 0 saturated carbocycles. The van der Waals surface area contributed by atoms with Crippen molar-refractivity contribution in [2.75, 3.05) is 47.6 Å². The minimum Gasteiger partial charge on any atom is -0.497 e. The fourth-order valence-electron chi connectivity index (χ4n) is 2.37. The molecule has 25 heavy (non-hydrogen) atoms. The first-order chi connectivity index (χ1) is 11.8. The molecule has 0 unspecified atom stereocenters. The predicted molar refractivity (Wildman–Crippen MR) is 98.4 cm³/mol. The van der Waals surface area contributed by atoms with E-state index in [1.807, 2.05) is 39.0 Å². The van der Waals surface area contributed by atoms with Crippen molar-refractivity contribution in [2.45, 2.75) is 39.0 Å². The van der Waals surface area contributed by atoms with Gasteiger partial charge in [-0.1, -0.05) is 0 Å². The molecule has 0 amide bonds. The topological polar surface area (TPSA) is 60.4 Å². The summed E-state index contributed by atoms with van der Waals surface area (Å²) in [5.41, 5.74) is 0.787. The van der Waals surface area contributed by atoms with Gasteiger partial charge in [0.05, 0.1) is 39.1 Å². The maximum absolute atomic E-state index is 10.3. The van der Waals surface area contributed by atoms with Gasteiger partial charge in [-0.15, -0.1) is 0 Å².